The molecule has 1 unspecified atom stereocenters. The molecule has 15 heavy (non-hydrogen) atoms. The highest BCUT2D eigenvalue weighted by molar-refractivity contribution is 5.00. The van der Waals surface area contributed by atoms with E-state index >= 15 is 0 Å². The second-order valence-electron chi connectivity index (χ2n) is 3.63. The summed E-state index contributed by atoms with van der Waals surface area (Å²) >= 11 is 0. The fourth-order valence-electron chi connectivity index (χ4n) is 1.41. The van der Waals surface area contributed by atoms with E-state index in [-0.39, 0.29) is 5.60 Å². The molecule has 0 radical (unpaired) electrons. The Morgan fingerprint density at radius 3 is 2.73 bits per heavy atom. The quantitative estimate of drug-likeness (QED) is 0.712. The van der Waals surface area contributed by atoms with Gasteiger partial charge in [-0.2, -0.15) is 0 Å². The highest BCUT2D eigenvalue weighted by Crippen LogP contribution is 2.25. The Labute approximate surface area is 90.4 Å². The summed E-state index contributed by atoms with van der Waals surface area (Å²) in [6.07, 6.45) is 2.57. The van der Waals surface area contributed by atoms with E-state index in [1.54, 1.807) is 20.5 Å². The highest BCUT2D eigenvalue weighted by atomic mass is 16.5. The third-order valence-corrected chi connectivity index (χ3v) is 2.75. The van der Waals surface area contributed by atoms with Crippen molar-refractivity contribution in [2.45, 2.75) is 32.4 Å². The van der Waals surface area contributed by atoms with Gasteiger partial charge in [0.2, 0.25) is 0 Å². The minimum Gasteiger partial charge on any atom is -0.383 e. The van der Waals surface area contributed by atoms with Crippen LogP contribution in [0.5, 0.6) is 0 Å². The first kappa shape index (κ1) is 12.1. The molecule has 0 spiro atoms. The van der Waals surface area contributed by atoms with Crippen LogP contribution in [-0.2, 0) is 21.6 Å². The van der Waals surface area contributed by atoms with Crippen LogP contribution in [0.2, 0.25) is 0 Å². The molecule has 0 aromatic carbocycles. The minimum atomic E-state index is -0.371. The van der Waals surface area contributed by atoms with Crippen molar-refractivity contribution in [3.05, 3.63) is 12.2 Å². The minimum absolute atomic E-state index is 0.371. The van der Waals surface area contributed by atoms with Crippen LogP contribution in [0.3, 0.4) is 0 Å². The van der Waals surface area contributed by atoms with Crippen LogP contribution in [-0.4, -0.2) is 35.6 Å². The number of rotatable bonds is 6. The van der Waals surface area contributed by atoms with Crippen molar-refractivity contribution in [2.75, 3.05) is 20.8 Å². The summed E-state index contributed by atoms with van der Waals surface area (Å²) in [7, 11) is 3.37. The second kappa shape index (κ2) is 5.23. The monoisotopic (exact) mass is 213 g/mol. The summed E-state index contributed by atoms with van der Waals surface area (Å²) in [5, 5.41) is 8.03. The van der Waals surface area contributed by atoms with Crippen LogP contribution in [0.1, 0.15) is 26.1 Å². The van der Waals surface area contributed by atoms with Gasteiger partial charge in [-0.15, -0.1) is 10.2 Å². The summed E-state index contributed by atoms with van der Waals surface area (Å²) < 4.78 is 12.5. The standard InChI is InChI=1S/C10H19N3O2/c1-5-10(2,15-4)9-12-11-8-13(9)6-7-14-3/h8H,5-7H2,1-4H3. The van der Waals surface area contributed by atoms with Crippen LogP contribution in [0.25, 0.3) is 0 Å². The molecule has 5 heteroatoms. The van der Waals surface area contributed by atoms with Crippen molar-refractivity contribution < 1.29 is 9.47 Å². The van der Waals surface area contributed by atoms with Crippen LogP contribution in [0.4, 0.5) is 0 Å². The van der Waals surface area contributed by atoms with E-state index in [4.69, 9.17) is 9.47 Å². The average molecular weight is 213 g/mol. The fourth-order valence-corrected chi connectivity index (χ4v) is 1.41. The van der Waals surface area contributed by atoms with E-state index in [9.17, 15) is 0 Å². The van der Waals surface area contributed by atoms with Crippen molar-refractivity contribution in [3.63, 3.8) is 0 Å². The van der Waals surface area contributed by atoms with Gasteiger partial charge in [0.15, 0.2) is 5.82 Å². The highest BCUT2D eigenvalue weighted by Gasteiger charge is 2.29. The molecular weight excluding hydrogens is 194 g/mol. The van der Waals surface area contributed by atoms with E-state index in [1.807, 2.05) is 11.5 Å². The predicted molar refractivity (Wildman–Crippen MR) is 56.6 cm³/mol. The lowest BCUT2D eigenvalue weighted by Gasteiger charge is -2.25. The lowest BCUT2D eigenvalue weighted by Crippen LogP contribution is -2.28. The summed E-state index contributed by atoms with van der Waals surface area (Å²) in [4.78, 5) is 0. The molecule has 0 N–H and O–H groups in total. The zero-order chi connectivity index (χ0) is 11.3. The van der Waals surface area contributed by atoms with Gasteiger partial charge in [0.05, 0.1) is 6.61 Å². The Hall–Kier alpha value is -0.940. The number of ether oxygens (including phenoxy) is 2. The first-order valence-electron chi connectivity index (χ1n) is 5.10. The fraction of sp³-hybridized carbons (Fsp3) is 0.800. The number of methoxy groups -OCH3 is 2. The lowest BCUT2D eigenvalue weighted by molar-refractivity contribution is -0.0127. The van der Waals surface area contributed by atoms with Crippen molar-refractivity contribution in [3.8, 4) is 0 Å². The van der Waals surface area contributed by atoms with Crippen molar-refractivity contribution in [1.29, 1.82) is 0 Å². The molecule has 0 aliphatic heterocycles. The summed E-state index contributed by atoms with van der Waals surface area (Å²) in [5.74, 6) is 0.851. The molecule has 0 aliphatic carbocycles. The molecule has 86 valence electrons. The molecule has 1 aromatic heterocycles. The van der Waals surface area contributed by atoms with Gasteiger partial charge >= 0.3 is 0 Å². The molecule has 1 aromatic rings. The molecule has 1 rings (SSSR count). The van der Waals surface area contributed by atoms with Crippen molar-refractivity contribution in [1.82, 2.24) is 14.8 Å². The SMILES string of the molecule is CCC(C)(OC)c1nncn1CCOC. The Kier molecular flexibility index (Phi) is 4.23. The van der Waals surface area contributed by atoms with Gasteiger partial charge in [-0.1, -0.05) is 6.92 Å². The van der Waals surface area contributed by atoms with E-state index in [0.717, 1.165) is 18.8 Å². The maximum Gasteiger partial charge on any atom is 0.164 e. The molecule has 0 bridgehead atoms. The topological polar surface area (TPSA) is 49.2 Å². The zero-order valence-electron chi connectivity index (χ0n) is 9.86. The van der Waals surface area contributed by atoms with Crippen LogP contribution < -0.4 is 0 Å². The van der Waals surface area contributed by atoms with Crippen LogP contribution >= 0.6 is 0 Å². The molecule has 0 saturated heterocycles. The molecular formula is C10H19N3O2. The second-order valence-corrected chi connectivity index (χ2v) is 3.63. The lowest BCUT2D eigenvalue weighted by atomic mass is 10.0. The summed E-state index contributed by atoms with van der Waals surface area (Å²) in [6.45, 7) is 5.48. The van der Waals surface area contributed by atoms with Gasteiger partial charge in [-0.25, -0.2) is 0 Å². The number of hydrogen-bond acceptors (Lipinski definition) is 4. The third kappa shape index (κ3) is 2.54. The van der Waals surface area contributed by atoms with Gasteiger partial charge in [0, 0.05) is 20.8 Å². The molecule has 0 aliphatic rings. The van der Waals surface area contributed by atoms with E-state index in [0.29, 0.717) is 6.61 Å². The predicted octanol–water partition coefficient (Wildman–Crippen LogP) is 1.20. The van der Waals surface area contributed by atoms with Crippen molar-refractivity contribution >= 4 is 0 Å². The first-order chi connectivity index (χ1) is 7.18. The van der Waals surface area contributed by atoms with Gasteiger partial charge in [0.25, 0.3) is 0 Å². The smallest absolute Gasteiger partial charge is 0.164 e. The molecule has 1 atom stereocenters. The molecule has 0 fully saturated rings. The summed E-state index contributed by atoms with van der Waals surface area (Å²) in [5.41, 5.74) is -0.371. The van der Waals surface area contributed by atoms with Crippen LogP contribution in [0, 0.1) is 0 Å². The number of aromatic nitrogens is 3. The molecule has 0 amide bonds. The maximum absolute atomic E-state index is 5.49. The molecule has 1 heterocycles. The van der Waals surface area contributed by atoms with Gasteiger partial charge in [0.1, 0.15) is 11.9 Å². The van der Waals surface area contributed by atoms with Gasteiger partial charge in [-0.05, 0) is 13.3 Å². The van der Waals surface area contributed by atoms with E-state index in [1.165, 1.54) is 0 Å². The Morgan fingerprint density at radius 2 is 2.20 bits per heavy atom. The third-order valence-electron chi connectivity index (χ3n) is 2.75. The van der Waals surface area contributed by atoms with E-state index < -0.39 is 0 Å². The Bertz CT molecular complexity index is 295. The average Bonchev–Trinajstić information content (AvgIpc) is 2.74. The summed E-state index contributed by atoms with van der Waals surface area (Å²) in [6, 6.07) is 0. The normalized spacial score (nSPS) is 15.2. The zero-order valence-corrected chi connectivity index (χ0v) is 9.86. The molecule has 5 nitrogen and oxygen atoms in total. The number of nitrogens with zero attached hydrogens (tertiary/aromatic N) is 3. The van der Waals surface area contributed by atoms with Crippen molar-refractivity contribution in [2.24, 2.45) is 0 Å². The molecule has 0 saturated carbocycles. The first-order valence-corrected chi connectivity index (χ1v) is 5.10. The Morgan fingerprint density at radius 1 is 1.47 bits per heavy atom. The number of hydrogen-bond donors (Lipinski definition) is 0. The maximum atomic E-state index is 5.49. The Balaban J connectivity index is 2.87. The van der Waals surface area contributed by atoms with Crippen LogP contribution in [0.15, 0.2) is 6.33 Å². The van der Waals surface area contributed by atoms with Gasteiger partial charge in [-0.3, -0.25) is 0 Å². The largest absolute Gasteiger partial charge is 0.383 e. The van der Waals surface area contributed by atoms with Gasteiger partial charge < -0.3 is 14.0 Å². The van der Waals surface area contributed by atoms with E-state index in [2.05, 4.69) is 17.1 Å².